The van der Waals surface area contributed by atoms with Gasteiger partial charge in [0.05, 0.1) is 6.20 Å². The van der Waals surface area contributed by atoms with Crippen LogP contribution < -0.4 is 11.1 Å². The Hall–Kier alpha value is -4.28. The first-order valence-corrected chi connectivity index (χ1v) is 10.3. The molecule has 3 N–H and O–H groups in total. The molecule has 0 aliphatic carbocycles. The second-order valence-corrected chi connectivity index (χ2v) is 7.90. The summed E-state index contributed by atoms with van der Waals surface area (Å²) in [7, 11) is 3.32. The topological polar surface area (TPSA) is 145 Å². The Bertz CT molecular complexity index is 1330. The molecule has 0 bridgehead atoms. The Labute approximate surface area is 189 Å². The number of aryl methyl sites for hydroxylation is 1. The van der Waals surface area contributed by atoms with E-state index in [0.29, 0.717) is 17.0 Å². The zero-order valence-electron chi connectivity index (χ0n) is 18.7. The summed E-state index contributed by atoms with van der Waals surface area (Å²) in [5.41, 5.74) is 9.12. The Morgan fingerprint density at radius 2 is 2.00 bits per heavy atom. The van der Waals surface area contributed by atoms with Gasteiger partial charge in [0.2, 0.25) is 11.8 Å². The molecule has 4 aromatic rings. The predicted molar refractivity (Wildman–Crippen MR) is 121 cm³/mol. The number of fused-ring (bicyclic) bond motifs is 1. The van der Waals surface area contributed by atoms with Crippen molar-refractivity contribution in [1.29, 1.82) is 0 Å². The minimum absolute atomic E-state index is 0.0492. The molecule has 2 amide bonds. The third-order valence-corrected chi connectivity index (χ3v) is 5.09. The molecule has 4 heterocycles. The van der Waals surface area contributed by atoms with E-state index in [1.54, 1.807) is 27.2 Å². The van der Waals surface area contributed by atoms with Crippen LogP contribution in [0.15, 0.2) is 41.4 Å². The highest BCUT2D eigenvalue weighted by molar-refractivity contribution is 5.98. The van der Waals surface area contributed by atoms with Crippen LogP contribution in [0.5, 0.6) is 0 Å². The number of pyridine rings is 1. The fourth-order valence-electron chi connectivity index (χ4n) is 3.34. The molecule has 4 aromatic heterocycles. The van der Waals surface area contributed by atoms with Gasteiger partial charge in [-0.2, -0.15) is 0 Å². The molecule has 0 unspecified atom stereocenters. The van der Waals surface area contributed by atoms with Gasteiger partial charge in [0.1, 0.15) is 17.6 Å². The van der Waals surface area contributed by atoms with Crippen LogP contribution in [0.4, 0.5) is 5.82 Å². The van der Waals surface area contributed by atoms with Crippen LogP contribution in [-0.4, -0.2) is 61.2 Å². The number of carbonyl (C=O) groups excluding carboxylic acids is 2. The first-order valence-electron chi connectivity index (χ1n) is 10.3. The van der Waals surface area contributed by atoms with Crippen molar-refractivity contribution in [3.8, 4) is 22.8 Å². The maximum atomic E-state index is 13.0. The first-order chi connectivity index (χ1) is 15.7. The largest absolute Gasteiger partial charge is 0.443 e. The van der Waals surface area contributed by atoms with E-state index in [1.165, 1.54) is 17.4 Å². The van der Waals surface area contributed by atoms with Gasteiger partial charge in [-0.3, -0.25) is 9.59 Å². The molecule has 170 valence electrons. The van der Waals surface area contributed by atoms with Gasteiger partial charge in [-0.25, -0.2) is 19.9 Å². The van der Waals surface area contributed by atoms with E-state index in [2.05, 4.69) is 25.3 Å². The van der Waals surface area contributed by atoms with E-state index in [4.69, 9.17) is 10.2 Å². The summed E-state index contributed by atoms with van der Waals surface area (Å²) in [6.45, 7) is 3.67. The minimum Gasteiger partial charge on any atom is -0.443 e. The maximum Gasteiger partial charge on any atom is 0.273 e. The van der Waals surface area contributed by atoms with Crippen LogP contribution in [-0.2, 0) is 4.79 Å². The third-order valence-electron chi connectivity index (χ3n) is 5.09. The van der Waals surface area contributed by atoms with Crippen LogP contribution in [0.25, 0.3) is 28.5 Å². The van der Waals surface area contributed by atoms with Gasteiger partial charge < -0.3 is 24.8 Å². The molecule has 4 rings (SSSR count). The van der Waals surface area contributed by atoms with Crippen LogP contribution in [0.3, 0.4) is 0 Å². The predicted octanol–water partition coefficient (Wildman–Crippen LogP) is 1.93. The quantitative estimate of drug-likeness (QED) is 0.455. The number of amides is 2. The number of carbonyl (C=O) groups is 2. The Morgan fingerprint density at radius 3 is 2.70 bits per heavy atom. The average Bonchev–Trinajstić information content (AvgIpc) is 3.43. The summed E-state index contributed by atoms with van der Waals surface area (Å²) in [4.78, 5) is 43.9. The van der Waals surface area contributed by atoms with E-state index in [1.807, 2.05) is 29.7 Å². The summed E-state index contributed by atoms with van der Waals surface area (Å²) in [5, 5.41) is 2.77. The molecule has 11 nitrogen and oxygen atoms in total. The lowest BCUT2D eigenvalue weighted by Crippen LogP contribution is -2.37. The molecule has 0 aliphatic rings. The van der Waals surface area contributed by atoms with E-state index in [-0.39, 0.29) is 29.7 Å². The minimum atomic E-state index is -0.529. The second kappa shape index (κ2) is 8.69. The summed E-state index contributed by atoms with van der Waals surface area (Å²) in [5.74, 6) is -0.482. The third kappa shape index (κ3) is 4.38. The number of hydrogen-bond donors (Lipinski definition) is 2. The Kier molecular flexibility index (Phi) is 5.78. The van der Waals surface area contributed by atoms with Gasteiger partial charge >= 0.3 is 0 Å². The van der Waals surface area contributed by atoms with E-state index >= 15 is 0 Å². The summed E-state index contributed by atoms with van der Waals surface area (Å²) < 4.78 is 7.34. The van der Waals surface area contributed by atoms with Crippen molar-refractivity contribution in [1.82, 2.24) is 34.6 Å². The summed E-state index contributed by atoms with van der Waals surface area (Å²) >= 11 is 0. The maximum absolute atomic E-state index is 13.0. The van der Waals surface area contributed by atoms with Gasteiger partial charge in [0.15, 0.2) is 17.2 Å². The highest BCUT2D eigenvalue weighted by atomic mass is 16.3. The van der Waals surface area contributed by atoms with Crippen molar-refractivity contribution in [3.05, 3.63) is 48.4 Å². The number of oxazole rings is 1. The fourth-order valence-corrected chi connectivity index (χ4v) is 3.34. The van der Waals surface area contributed by atoms with Gasteiger partial charge in [0, 0.05) is 50.2 Å². The fraction of sp³-hybridized carbons (Fsp3) is 0.273. The van der Waals surface area contributed by atoms with Gasteiger partial charge in [-0.05, 0) is 26.0 Å². The molecule has 0 saturated heterocycles. The lowest BCUT2D eigenvalue weighted by atomic mass is 10.1. The SMILES string of the molecule is Cc1cnc2ccc(-c3nc(C(=O)N[C@@H](C)CC(=O)N(C)C)c(N)nc3-c3ncco3)cn12. The average molecular weight is 448 g/mol. The van der Waals surface area contributed by atoms with Crippen LogP contribution in [0, 0.1) is 6.92 Å². The molecular weight excluding hydrogens is 424 g/mol. The number of hydrogen-bond acceptors (Lipinski definition) is 8. The molecule has 33 heavy (non-hydrogen) atoms. The summed E-state index contributed by atoms with van der Waals surface area (Å²) in [6.07, 6.45) is 6.67. The number of nitrogens with zero attached hydrogens (tertiary/aromatic N) is 6. The van der Waals surface area contributed by atoms with Gasteiger partial charge in [-0.15, -0.1) is 0 Å². The van der Waals surface area contributed by atoms with Crippen molar-refractivity contribution in [2.75, 3.05) is 19.8 Å². The van der Waals surface area contributed by atoms with Crippen LogP contribution >= 0.6 is 0 Å². The van der Waals surface area contributed by atoms with Crippen molar-refractivity contribution < 1.29 is 14.0 Å². The van der Waals surface area contributed by atoms with Gasteiger partial charge in [-0.1, -0.05) is 0 Å². The lowest BCUT2D eigenvalue weighted by Gasteiger charge is -2.17. The number of imidazole rings is 1. The number of nitrogen functional groups attached to an aromatic ring is 1. The number of aromatic nitrogens is 5. The standard InChI is InChI=1S/C22H24N8O3/c1-12(9-16(31)29(3)4)26-21(32)19-20(23)28-18(22-24-7-8-33-22)17(27-19)14-5-6-15-25-10-13(2)30(15)11-14/h5-8,10-12H,9H2,1-4H3,(H2,23,28)(H,26,32)/t12-/m0/s1. The Balaban J connectivity index is 1.76. The smallest absolute Gasteiger partial charge is 0.273 e. The highest BCUT2D eigenvalue weighted by Gasteiger charge is 2.24. The monoisotopic (exact) mass is 448 g/mol. The number of nitrogens with one attached hydrogen (secondary N) is 1. The Morgan fingerprint density at radius 1 is 1.21 bits per heavy atom. The van der Waals surface area contributed by atoms with E-state index in [9.17, 15) is 9.59 Å². The van der Waals surface area contributed by atoms with Crippen molar-refractivity contribution in [2.45, 2.75) is 26.3 Å². The molecule has 0 saturated carbocycles. The number of anilines is 1. The van der Waals surface area contributed by atoms with Crippen molar-refractivity contribution >= 4 is 23.3 Å². The molecular formula is C22H24N8O3. The molecule has 0 spiro atoms. The molecule has 0 fully saturated rings. The summed E-state index contributed by atoms with van der Waals surface area (Å²) in [6, 6.07) is 3.25. The first kappa shape index (κ1) is 21.9. The molecule has 0 aliphatic heterocycles. The van der Waals surface area contributed by atoms with Crippen LogP contribution in [0.2, 0.25) is 0 Å². The van der Waals surface area contributed by atoms with E-state index < -0.39 is 11.9 Å². The second-order valence-electron chi connectivity index (χ2n) is 7.90. The number of nitrogens with two attached hydrogens (primary N) is 1. The zero-order valence-corrected chi connectivity index (χ0v) is 18.7. The van der Waals surface area contributed by atoms with E-state index in [0.717, 1.165) is 11.3 Å². The number of rotatable bonds is 6. The lowest BCUT2D eigenvalue weighted by molar-refractivity contribution is -0.129. The van der Waals surface area contributed by atoms with Crippen molar-refractivity contribution in [2.24, 2.45) is 0 Å². The normalized spacial score (nSPS) is 12.0. The molecule has 11 heteroatoms. The zero-order chi connectivity index (χ0) is 23.7. The van der Waals surface area contributed by atoms with Crippen molar-refractivity contribution in [3.63, 3.8) is 0 Å². The molecule has 0 aromatic carbocycles. The van der Waals surface area contributed by atoms with Crippen LogP contribution in [0.1, 0.15) is 29.5 Å². The molecule has 1 atom stereocenters. The highest BCUT2D eigenvalue weighted by Crippen LogP contribution is 2.30. The van der Waals surface area contributed by atoms with Gasteiger partial charge in [0.25, 0.3) is 5.91 Å². The molecule has 0 radical (unpaired) electrons.